The molecule has 374 valence electrons. The number of carbonyl (C=O) groups excluding carboxylic acids is 2. The van der Waals surface area contributed by atoms with E-state index in [-0.39, 0.29) is 21.5 Å². The third-order valence-corrected chi connectivity index (χ3v) is 12.8. The van der Waals surface area contributed by atoms with E-state index in [0.29, 0.717) is 24.3 Å². The van der Waals surface area contributed by atoms with Crippen molar-refractivity contribution in [2.75, 3.05) is 13.2 Å². The Bertz CT molecular complexity index is 2250. The summed E-state index contributed by atoms with van der Waals surface area (Å²) in [6.45, 7) is 10.0. The van der Waals surface area contributed by atoms with Crippen molar-refractivity contribution in [3.8, 4) is 23.0 Å². The minimum atomic E-state index is -0.648. The van der Waals surface area contributed by atoms with Gasteiger partial charge in [-0.2, -0.15) is 0 Å². The normalized spacial score (nSPS) is 11.4. The third-order valence-electron chi connectivity index (χ3n) is 12.2. The van der Waals surface area contributed by atoms with Crippen molar-refractivity contribution < 1.29 is 28.5 Å². The van der Waals surface area contributed by atoms with Gasteiger partial charge in [-0.1, -0.05) is 177 Å². The average Bonchev–Trinajstić information content (AvgIpc) is 3.36. The average molecular weight is 990 g/mol. The zero-order chi connectivity index (χ0) is 49.8. The molecule has 0 amide bonds. The number of carbonyl (C=O) groups is 2. The Balaban J connectivity index is 1.04. The number of hydrogen-bond donors (Lipinski definition) is 0. The fourth-order valence-electron chi connectivity index (χ4n) is 7.99. The van der Waals surface area contributed by atoms with Gasteiger partial charge in [0.2, 0.25) is 0 Å². The fourth-order valence-corrected chi connectivity index (χ4v) is 8.45. The van der Waals surface area contributed by atoms with Crippen LogP contribution in [0.2, 0.25) is 10.0 Å². The zero-order valence-corrected chi connectivity index (χ0v) is 43.6. The first kappa shape index (κ1) is 55.5. The van der Waals surface area contributed by atoms with E-state index >= 15 is 0 Å². The molecule has 0 fully saturated rings. The molecule has 5 rings (SSSR count). The standard InChI is InChI=1S/C60H74Cl2N2O6/c1-5-7-9-11-13-15-17-19-21-23-37-67-55-35-33-51(39-45(55)3)63-43-47-25-29-49(30-26-47)59(65)69-57-42-58(54(62)41-53(57)61)70-60(66)50-31-27-48(28-32-50)44-64-52-34-36-56(46(4)40-52)68-38-24-22-20-18-16-14-12-10-8-6-2/h25-36,39-44H,5-24,37-38H2,1-4H3. The largest absolute Gasteiger partial charge is 0.493 e. The summed E-state index contributed by atoms with van der Waals surface area (Å²) < 4.78 is 23.4. The van der Waals surface area contributed by atoms with Crippen LogP contribution in [0.25, 0.3) is 0 Å². The van der Waals surface area contributed by atoms with Crippen molar-refractivity contribution in [1.82, 2.24) is 0 Å². The Hall–Kier alpha value is -5.44. The van der Waals surface area contributed by atoms with Crippen molar-refractivity contribution in [1.29, 1.82) is 0 Å². The van der Waals surface area contributed by atoms with Crippen molar-refractivity contribution in [3.63, 3.8) is 0 Å². The van der Waals surface area contributed by atoms with Crippen molar-refractivity contribution in [2.45, 2.75) is 156 Å². The summed E-state index contributed by atoms with van der Waals surface area (Å²) >= 11 is 12.8. The van der Waals surface area contributed by atoms with Crippen LogP contribution in [0.5, 0.6) is 23.0 Å². The predicted molar refractivity (Wildman–Crippen MR) is 291 cm³/mol. The molecule has 0 aromatic heterocycles. The molecular formula is C60H74Cl2N2O6. The molecule has 0 atom stereocenters. The number of esters is 2. The van der Waals surface area contributed by atoms with Crippen molar-refractivity contribution in [2.24, 2.45) is 9.98 Å². The van der Waals surface area contributed by atoms with E-state index in [4.69, 9.17) is 42.1 Å². The van der Waals surface area contributed by atoms with E-state index in [2.05, 4.69) is 23.8 Å². The van der Waals surface area contributed by atoms with Crippen molar-refractivity contribution in [3.05, 3.63) is 140 Å². The highest BCUT2D eigenvalue weighted by atomic mass is 35.5. The summed E-state index contributed by atoms with van der Waals surface area (Å²) in [6, 6.07) is 28.2. The molecule has 70 heavy (non-hydrogen) atoms. The zero-order valence-electron chi connectivity index (χ0n) is 42.0. The monoisotopic (exact) mass is 988 g/mol. The Morgan fingerprint density at radius 3 is 1.11 bits per heavy atom. The lowest BCUT2D eigenvalue weighted by atomic mass is 10.1. The van der Waals surface area contributed by atoms with Crippen LogP contribution in [0.1, 0.15) is 185 Å². The number of halogens is 2. The van der Waals surface area contributed by atoms with Gasteiger partial charge in [-0.25, -0.2) is 9.59 Å². The number of unbranched alkanes of at least 4 members (excludes halogenated alkanes) is 18. The predicted octanol–water partition coefficient (Wildman–Crippen LogP) is 18.1. The molecule has 0 aliphatic rings. The summed E-state index contributed by atoms with van der Waals surface area (Å²) in [7, 11) is 0. The van der Waals surface area contributed by atoms with Crippen LogP contribution in [0.3, 0.4) is 0 Å². The molecular weight excluding hydrogens is 916 g/mol. The molecule has 0 spiro atoms. The number of hydrogen-bond acceptors (Lipinski definition) is 8. The van der Waals surface area contributed by atoms with Gasteiger partial charge in [0.25, 0.3) is 0 Å². The van der Waals surface area contributed by atoms with Crippen molar-refractivity contribution >= 4 is 58.9 Å². The molecule has 8 nitrogen and oxygen atoms in total. The second kappa shape index (κ2) is 31.7. The molecule has 0 saturated heterocycles. The maximum Gasteiger partial charge on any atom is 0.343 e. The van der Waals surface area contributed by atoms with Gasteiger partial charge in [-0.3, -0.25) is 9.98 Å². The van der Waals surface area contributed by atoms with Gasteiger partial charge in [0, 0.05) is 18.5 Å². The molecule has 5 aromatic rings. The number of ether oxygens (including phenoxy) is 4. The first-order chi connectivity index (χ1) is 34.1. The molecule has 0 unspecified atom stereocenters. The Kier molecular flexibility index (Phi) is 25.1. The highest BCUT2D eigenvalue weighted by Gasteiger charge is 2.18. The fraction of sp³-hybridized carbons (Fsp3) is 0.433. The number of rotatable bonds is 32. The summed E-state index contributed by atoms with van der Waals surface area (Å²) in [5, 5.41) is 0.163. The van der Waals surface area contributed by atoms with Gasteiger partial charge in [-0.15, -0.1) is 0 Å². The van der Waals surface area contributed by atoms with Crippen LogP contribution >= 0.6 is 23.2 Å². The summed E-state index contributed by atoms with van der Waals surface area (Å²) in [4.78, 5) is 35.6. The molecule has 0 heterocycles. The lowest BCUT2D eigenvalue weighted by Gasteiger charge is -2.11. The van der Waals surface area contributed by atoms with Crippen LogP contribution in [0.4, 0.5) is 11.4 Å². The number of nitrogens with zero attached hydrogens (tertiary/aromatic N) is 2. The van der Waals surface area contributed by atoms with E-state index in [9.17, 15) is 9.59 Å². The minimum Gasteiger partial charge on any atom is -0.493 e. The van der Waals surface area contributed by atoms with E-state index < -0.39 is 11.9 Å². The minimum absolute atomic E-state index is 0.00808. The first-order valence-corrected chi connectivity index (χ1v) is 26.6. The number of benzene rings is 5. The summed E-state index contributed by atoms with van der Waals surface area (Å²) in [6.07, 6.45) is 29.4. The Labute approximate surface area is 428 Å². The van der Waals surface area contributed by atoms with Crippen LogP contribution in [0, 0.1) is 13.8 Å². The Morgan fingerprint density at radius 2 is 0.771 bits per heavy atom. The molecule has 0 aliphatic carbocycles. The Morgan fingerprint density at radius 1 is 0.429 bits per heavy atom. The molecule has 10 heteroatoms. The molecule has 0 bridgehead atoms. The van der Waals surface area contributed by atoms with E-state index in [0.717, 1.165) is 58.0 Å². The highest BCUT2D eigenvalue weighted by molar-refractivity contribution is 6.36. The smallest absolute Gasteiger partial charge is 0.343 e. The van der Waals surface area contributed by atoms with E-state index in [1.165, 1.54) is 128 Å². The topological polar surface area (TPSA) is 95.8 Å². The highest BCUT2D eigenvalue weighted by Crippen LogP contribution is 2.37. The SMILES string of the molecule is CCCCCCCCCCCCOc1ccc(N=Cc2ccc(C(=O)Oc3cc(OC(=O)c4ccc(C=Nc5ccc(OCCCCCCCCCCCC)c(C)c5)cc4)c(Cl)cc3Cl)cc2)cc1C. The van der Waals surface area contributed by atoms with E-state index in [1.54, 1.807) is 61.0 Å². The van der Waals surface area contributed by atoms with Gasteiger partial charge in [0.1, 0.15) is 11.5 Å². The quantitative estimate of drug-likeness (QED) is 0.0184. The van der Waals surface area contributed by atoms with Gasteiger partial charge in [0.05, 0.1) is 45.8 Å². The molecule has 0 N–H and O–H groups in total. The summed E-state index contributed by atoms with van der Waals surface area (Å²) in [5.74, 6) is 0.446. The van der Waals surface area contributed by atoms with E-state index in [1.807, 2.05) is 50.2 Å². The van der Waals surface area contributed by atoms with Crippen LogP contribution in [-0.2, 0) is 0 Å². The van der Waals surface area contributed by atoms with Crippen LogP contribution < -0.4 is 18.9 Å². The maximum absolute atomic E-state index is 13.2. The van der Waals surface area contributed by atoms with Gasteiger partial charge in [0.15, 0.2) is 11.5 Å². The van der Waals surface area contributed by atoms with Gasteiger partial charge < -0.3 is 18.9 Å². The number of aryl methyl sites for hydroxylation is 2. The third kappa shape index (κ3) is 20.1. The molecule has 0 radical (unpaired) electrons. The summed E-state index contributed by atoms with van der Waals surface area (Å²) in [5.41, 5.74) is 5.85. The molecule has 0 saturated carbocycles. The lowest BCUT2D eigenvalue weighted by Crippen LogP contribution is -2.11. The number of aliphatic imine (C=N–C) groups is 2. The van der Waals surface area contributed by atoms with Crippen LogP contribution in [-0.4, -0.2) is 37.6 Å². The van der Waals surface area contributed by atoms with Crippen LogP contribution in [0.15, 0.2) is 107 Å². The second-order valence-corrected chi connectivity index (χ2v) is 19.0. The first-order valence-electron chi connectivity index (χ1n) is 25.8. The maximum atomic E-state index is 13.2. The lowest BCUT2D eigenvalue weighted by molar-refractivity contribution is 0.0732. The molecule has 0 aliphatic heterocycles. The van der Waals surface area contributed by atoms with Gasteiger partial charge >= 0.3 is 11.9 Å². The van der Waals surface area contributed by atoms with Gasteiger partial charge in [-0.05, 0) is 116 Å². The molecule has 5 aromatic carbocycles. The second-order valence-electron chi connectivity index (χ2n) is 18.2.